The maximum Gasteiger partial charge on any atom is 0.354 e. The molecule has 88 valence electrons. The topological polar surface area (TPSA) is 44.1 Å². The lowest BCUT2D eigenvalue weighted by molar-refractivity contribution is 0.0514. The summed E-state index contributed by atoms with van der Waals surface area (Å²) >= 11 is 0. The van der Waals surface area contributed by atoms with E-state index < -0.39 is 0 Å². The van der Waals surface area contributed by atoms with Crippen molar-refractivity contribution in [3.8, 4) is 0 Å². The Kier molecular flexibility index (Phi) is 3.55. The van der Waals surface area contributed by atoms with Crippen LogP contribution in [-0.4, -0.2) is 22.1 Å². The summed E-state index contributed by atoms with van der Waals surface area (Å²) < 4.78 is 6.82. The molecule has 0 aromatic carbocycles. The van der Waals surface area contributed by atoms with Gasteiger partial charge >= 0.3 is 5.97 Å². The Morgan fingerprint density at radius 1 is 1.35 bits per heavy atom. The summed E-state index contributed by atoms with van der Waals surface area (Å²) in [5.41, 5.74) is 1.46. The van der Waals surface area contributed by atoms with Crippen LogP contribution in [0.25, 0.3) is 0 Å². The van der Waals surface area contributed by atoms with Gasteiger partial charge in [0.25, 0.3) is 0 Å². The van der Waals surface area contributed by atoms with Gasteiger partial charge < -0.3 is 9.30 Å². The average Bonchev–Trinajstić information content (AvgIpc) is 2.79. The summed E-state index contributed by atoms with van der Waals surface area (Å²) in [5.74, 6) is -0.298. The Morgan fingerprint density at radius 3 is 2.94 bits per heavy atom. The molecule has 0 atom stereocenters. The minimum atomic E-state index is -0.298. The van der Waals surface area contributed by atoms with E-state index >= 15 is 0 Å². The van der Waals surface area contributed by atoms with E-state index in [2.05, 4.69) is 4.98 Å². The molecule has 0 N–H and O–H groups in total. The first kappa shape index (κ1) is 11.4. The van der Waals surface area contributed by atoms with Crippen LogP contribution in [0.5, 0.6) is 0 Å². The zero-order valence-corrected chi connectivity index (χ0v) is 9.67. The van der Waals surface area contributed by atoms with Crippen LogP contribution >= 0.6 is 0 Å². The van der Waals surface area contributed by atoms with Gasteiger partial charge in [0.2, 0.25) is 0 Å². The van der Waals surface area contributed by atoms with Crippen LogP contribution in [0.1, 0.15) is 23.1 Å². The summed E-state index contributed by atoms with van der Waals surface area (Å²) in [5, 5.41) is 0. The van der Waals surface area contributed by atoms with Crippen molar-refractivity contribution < 1.29 is 9.53 Å². The van der Waals surface area contributed by atoms with E-state index in [0.717, 1.165) is 5.69 Å². The summed E-state index contributed by atoms with van der Waals surface area (Å²) in [4.78, 5) is 15.9. The van der Waals surface area contributed by atoms with Crippen molar-refractivity contribution in [2.75, 3.05) is 6.61 Å². The van der Waals surface area contributed by atoms with Crippen LogP contribution in [0.2, 0.25) is 0 Å². The Balaban J connectivity index is 2.17. The average molecular weight is 230 g/mol. The Hall–Kier alpha value is -2.10. The third kappa shape index (κ3) is 2.72. The van der Waals surface area contributed by atoms with Crippen molar-refractivity contribution in [1.82, 2.24) is 9.55 Å². The molecule has 2 aromatic heterocycles. The molecule has 0 saturated carbocycles. The molecule has 0 unspecified atom stereocenters. The highest BCUT2D eigenvalue weighted by Gasteiger charge is 2.11. The third-order valence-corrected chi connectivity index (χ3v) is 2.37. The van der Waals surface area contributed by atoms with E-state index in [-0.39, 0.29) is 5.97 Å². The van der Waals surface area contributed by atoms with E-state index in [0.29, 0.717) is 18.8 Å². The normalized spacial score (nSPS) is 10.2. The minimum absolute atomic E-state index is 0.298. The lowest BCUT2D eigenvalue weighted by Crippen LogP contribution is -2.12. The second kappa shape index (κ2) is 5.30. The smallest absolute Gasteiger partial charge is 0.354 e. The van der Waals surface area contributed by atoms with Gasteiger partial charge in [-0.05, 0) is 31.2 Å². The number of aromatic nitrogens is 2. The first-order valence-electron chi connectivity index (χ1n) is 5.53. The molecule has 0 bridgehead atoms. The van der Waals surface area contributed by atoms with Crippen LogP contribution < -0.4 is 0 Å². The van der Waals surface area contributed by atoms with Gasteiger partial charge in [-0.3, -0.25) is 4.98 Å². The number of hydrogen-bond acceptors (Lipinski definition) is 3. The largest absolute Gasteiger partial charge is 0.461 e. The zero-order chi connectivity index (χ0) is 12.1. The van der Waals surface area contributed by atoms with Gasteiger partial charge in [0, 0.05) is 12.4 Å². The van der Waals surface area contributed by atoms with Crippen molar-refractivity contribution in [2.45, 2.75) is 13.5 Å². The molecule has 4 heteroatoms. The van der Waals surface area contributed by atoms with E-state index in [1.165, 1.54) is 0 Å². The standard InChI is InChI=1S/C13H14N2O2/c1-2-17-13(16)12-7-5-9-15(12)10-11-6-3-4-8-14-11/h3-9H,2,10H2,1H3. The van der Waals surface area contributed by atoms with E-state index in [4.69, 9.17) is 4.74 Å². The molecule has 0 spiro atoms. The molecule has 17 heavy (non-hydrogen) atoms. The summed E-state index contributed by atoms with van der Waals surface area (Å²) in [6.45, 7) is 2.75. The number of hydrogen-bond donors (Lipinski definition) is 0. The van der Waals surface area contributed by atoms with Crippen molar-refractivity contribution in [3.05, 3.63) is 54.1 Å². The number of rotatable bonds is 4. The fourth-order valence-electron chi connectivity index (χ4n) is 1.61. The van der Waals surface area contributed by atoms with Crippen LogP contribution in [0.15, 0.2) is 42.7 Å². The molecule has 0 aliphatic carbocycles. The number of ether oxygens (including phenoxy) is 1. The summed E-state index contributed by atoms with van der Waals surface area (Å²) in [7, 11) is 0. The highest BCUT2D eigenvalue weighted by atomic mass is 16.5. The van der Waals surface area contributed by atoms with E-state index in [1.807, 2.05) is 35.0 Å². The van der Waals surface area contributed by atoms with Crippen LogP contribution in [0.3, 0.4) is 0 Å². The quantitative estimate of drug-likeness (QED) is 0.755. The van der Waals surface area contributed by atoms with Gasteiger partial charge in [-0.25, -0.2) is 4.79 Å². The van der Waals surface area contributed by atoms with E-state index in [1.54, 1.807) is 19.2 Å². The van der Waals surface area contributed by atoms with Crippen molar-refractivity contribution in [1.29, 1.82) is 0 Å². The number of nitrogens with zero attached hydrogens (tertiary/aromatic N) is 2. The fourth-order valence-corrected chi connectivity index (χ4v) is 1.61. The highest BCUT2D eigenvalue weighted by Crippen LogP contribution is 2.07. The Labute approximate surface area is 99.9 Å². The van der Waals surface area contributed by atoms with Crippen molar-refractivity contribution >= 4 is 5.97 Å². The molecule has 0 amide bonds. The number of esters is 1. The van der Waals surface area contributed by atoms with Crippen molar-refractivity contribution in [2.24, 2.45) is 0 Å². The zero-order valence-electron chi connectivity index (χ0n) is 9.67. The summed E-state index contributed by atoms with van der Waals surface area (Å²) in [6.07, 6.45) is 3.59. The molecule has 2 rings (SSSR count). The number of pyridine rings is 1. The van der Waals surface area contributed by atoms with Crippen LogP contribution in [0, 0.1) is 0 Å². The SMILES string of the molecule is CCOC(=O)c1cccn1Cc1ccccn1. The predicted octanol–water partition coefficient (Wildman–Crippen LogP) is 2.11. The summed E-state index contributed by atoms with van der Waals surface area (Å²) in [6, 6.07) is 9.30. The minimum Gasteiger partial charge on any atom is -0.461 e. The second-order valence-electron chi connectivity index (χ2n) is 3.56. The monoisotopic (exact) mass is 230 g/mol. The Morgan fingerprint density at radius 2 is 2.24 bits per heavy atom. The Bertz CT molecular complexity index is 491. The molecule has 0 aliphatic rings. The maximum atomic E-state index is 11.7. The molecule has 0 saturated heterocycles. The maximum absolute atomic E-state index is 11.7. The molecular formula is C13H14N2O2. The van der Waals surface area contributed by atoms with Crippen LogP contribution in [0.4, 0.5) is 0 Å². The molecule has 4 nitrogen and oxygen atoms in total. The van der Waals surface area contributed by atoms with Gasteiger partial charge in [0.05, 0.1) is 18.8 Å². The highest BCUT2D eigenvalue weighted by molar-refractivity contribution is 5.87. The third-order valence-electron chi connectivity index (χ3n) is 2.37. The molecule has 0 radical (unpaired) electrons. The van der Waals surface area contributed by atoms with Gasteiger partial charge in [-0.2, -0.15) is 0 Å². The molecule has 0 fully saturated rings. The van der Waals surface area contributed by atoms with Crippen molar-refractivity contribution in [3.63, 3.8) is 0 Å². The van der Waals surface area contributed by atoms with Gasteiger partial charge in [0.1, 0.15) is 5.69 Å². The van der Waals surface area contributed by atoms with Gasteiger partial charge in [-0.15, -0.1) is 0 Å². The molecule has 2 heterocycles. The lowest BCUT2D eigenvalue weighted by Gasteiger charge is -2.07. The second-order valence-corrected chi connectivity index (χ2v) is 3.56. The van der Waals surface area contributed by atoms with Crippen LogP contribution in [-0.2, 0) is 11.3 Å². The first-order chi connectivity index (χ1) is 8.31. The number of carbonyl (C=O) groups excluding carboxylic acids is 1. The fraction of sp³-hybridized carbons (Fsp3) is 0.231. The lowest BCUT2D eigenvalue weighted by atomic mass is 10.3. The number of carbonyl (C=O) groups is 1. The van der Waals surface area contributed by atoms with E-state index in [9.17, 15) is 4.79 Å². The first-order valence-corrected chi connectivity index (χ1v) is 5.53. The molecular weight excluding hydrogens is 216 g/mol. The van der Waals surface area contributed by atoms with Gasteiger partial charge in [-0.1, -0.05) is 6.07 Å². The predicted molar refractivity (Wildman–Crippen MR) is 63.7 cm³/mol. The van der Waals surface area contributed by atoms with Gasteiger partial charge in [0.15, 0.2) is 0 Å². The molecule has 0 aliphatic heterocycles. The molecule has 2 aromatic rings.